The van der Waals surface area contributed by atoms with E-state index in [1.807, 2.05) is 30.3 Å². The molecule has 0 radical (unpaired) electrons. The molecule has 0 saturated carbocycles. The maximum atomic E-state index is 13.8. The Balaban J connectivity index is 1.61. The monoisotopic (exact) mass is 338 g/mol. The van der Waals surface area contributed by atoms with Gasteiger partial charge in [-0.25, -0.2) is 4.39 Å². The van der Waals surface area contributed by atoms with Gasteiger partial charge in [0.05, 0.1) is 5.56 Å². The highest BCUT2D eigenvalue weighted by Gasteiger charge is 2.31. The Morgan fingerprint density at radius 2 is 1.80 bits per heavy atom. The predicted molar refractivity (Wildman–Crippen MR) is 93.5 cm³/mol. The summed E-state index contributed by atoms with van der Waals surface area (Å²) in [5.41, 5.74) is 1.11. The number of amides is 2. The Hall–Kier alpha value is -2.95. The summed E-state index contributed by atoms with van der Waals surface area (Å²) in [6.45, 7) is 0.777. The molecule has 1 atom stereocenters. The second-order valence-electron chi connectivity index (χ2n) is 5.84. The molecule has 0 fully saturated rings. The van der Waals surface area contributed by atoms with E-state index in [0.717, 1.165) is 5.56 Å². The fourth-order valence-electron chi connectivity index (χ4n) is 2.83. The highest BCUT2D eigenvalue weighted by Crippen LogP contribution is 2.17. The minimum atomic E-state index is -0.706. The summed E-state index contributed by atoms with van der Waals surface area (Å²) in [7, 11) is 0. The van der Waals surface area contributed by atoms with E-state index in [-0.39, 0.29) is 11.5 Å². The number of hydrogen-bond acceptors (Lipinski definition) is 2. The molecule has 3 rings (SSSR count). The molecule has 2 amide bonds. The van der Waals surface area contributed by atoms with Crippen molar-refractivity contribution >= 4 is 11.8 Å². The lowest BCUT2D eigenvalue weighted by atomic mass is 10.1. The Bertz CT molecular complexity index is 789. The molecule has 1 N–H and O–H groups in total. The third kappa shape index (κ3) is 3.94. The van der Waals surface area contributed by atoms with E-state index in [0.29, 0.717) is 19.5 Å². The van der Waals surface area contributed by atoms with Gasteiger partial charge in [0.1, 0.15) is 11.9 Å². The Kier molecular flexibility index (Phi) is 5.23. The molecule has 1 aliphatic heterocycles. The molecule has 1 heterocycles. The van der Waals surface area contributed by atoms with Gasteiger partial charge in [0.15, 0.2) is 0 Å². The molecule has 2 aromatic carbocycles. The smallest absolute Gasteiger partial charge is 0.258 e. The van der Waals surface area contributed by atoms with Crippen LogP contribution in [0.5, 0.6) is 0 Å². The molecule has 0 spiro atoms. The lowest BCUT2D eigenvalue weighted by Gasteiger charge is -2.24. The van der Waals surface area contributed by atoms with Crippen LogP contribution in [0.4, 0.5) is 4.39 Å². The summed E-state index contributed by atoms with van der Waals surface area (Å²) in [6, 6.07) is 14.9. The highest BCUT2D eigenvalue weighted by atomic mass is 19.1. The molecule has 5 heteroatoms. The van der Waals surface area contributed by atoms with E-state index in [1.54, 1.807) is 18.2 Å². The third-order valence-electron chi connectivity index (χ3n) is 4.15. The number of nitrogens with zero attached hydrogens (tertiary/aromatic N) is 1. The Labute approximate surface area is 146 Å². The molecule has 2 aromatic rings. The van der Waals surface area contributed by atoms with E-state index < -0.39 is 17.8 Å². The summed E-state index contributed by atoms with van der Waals surface area (Å²) >= 11 is 0. The molecule has 25 heavy (non-hydrogen) atoms. The maximum absolute atomic E-state index is 13.8. The van der Waals surface area contributed by atoms with Gasteiger partial charge >= 0.3 is 0 Å². The lowest BCUT2D eigenvalue weighted by Crippen LogP contribution is -2.46. The number of benzene rings is 2. The first-order chi connectivity index (χ1) is 12.2. The number of hydrogen-bond donors (Lipinski definition) is 1. The Morgan fingerprint density at radius 3 is 2.56 bits per heavy atom. The van der Waals surface area contributed by atoms with Crippen LogP contribution in [0.15, 0.2) is 66.7 Å². The van der Waals surface area contributed by atoms with E-state index in [9.17, 15) is 14.0 Å². The summed E-state index contributed by atoms with van der Waals surface area (Å²) in [4.78, 5) is 26.3. The van der Waals surface area contributed by atoms with Crippen molar-refractivity contribution in [3.05, 3.63) is 83.7 Å². The van der Waals surface area contributed by atoms with Crippen LogP contribution in [-0.4, -0.2) is 35.8 Å². The molecule has 1 aliphatic rings. The van der Waals surface area contributed by atoms with Crippen LogP contribution < -0.4 is 5.32 Å². The zero-order chi connectivity index (χ0) is 17.6. The van der Waals surface area contributed by atoms with Gasteiger partial charge in [-0.15, -0.1) is 0 Å². The second-order valence-corrected chi connectivity index (χ2v) is 5.84. The first-order valence-corrected chi connectivity index (χ1v) is 8.20. The molecule has 0 unspecified atom stereocenters. The van der Waals surface area contributed by atoms with E-state index in [4.69, 9.17) is 0 Å². The van der Waals surface area contributed by atoms with Crippen LogP contribution in [0, 0.1) is 5.82 Å². The van der Waals surface area contributed by atoms with Crippen molar-refractivity contribution in [2.45, 2.75) is 12.5 Å². The van der Waals surface area contributed by atoms with Gasteiger partial charge in [-0.05, 0) is 24.1 Å². The van der Waals surface area contributed by atoms with Crippen molar-refractivity contribution in [3.63, 3.8) is 0 Å². The van der Waals surface area contributed by atoms with Gasteiger partial charge < -0.3 is 10.2 Å². The topological polar surface area (TPSA) is 49.4 Å². The first-order valence-electron chi connectivity index (χ1n) is 8.20. The predicted octanol–water partition coefficient (Wildman–Crippen LogP) is 2.57. The van der Waals surface area contributed by atoms with E-state index >= 15 is 0 Å². The van der Waals surface area contributed by atoms with E-state index in [1.165, 1.54) is 23.1 Å². The van der Waals surface area contributed by atoms with Gasteiger partial charge in [0, 0.05) is 13.1 Å². The van der Waals surface area contributed by atoms with Gasteiger partial charge in [0.2, 0.25) is 5.91 Å². The average molecular weight is 338 g/mol. The quantitative estimate of drug-likeness (QED) is 0.852. The lowest BCUT2D eigenvalue weighted by molar-refractivity contribution is -0.123. The van der Waals surface area contributed by atoms with Gasteiger partial charge in [-0.2, -0.15) is 0 Å². The zero-order valence-electron chi connectivity index (χ0n) is 13.7. The minimum Gasteiger partial charge on any atom is -0.354 e. The summed E-state index contributed by atoms with van der Waals surface area (Å²) in [5, 5.41) is 2.85. The summed E-state index contributed by atoms with van der Waals surface area (Å²) in [6.07, 6.45) is 4.14. The highest BCUT2D eigenvalue weighted by molar-refractivity contribution is 5.99. The van der Waals surface area contributed by atoms with Crippen LogP contribution in [0.1, 0.15) is 15.9 Å². The molecule has 0 aliphatic carbocycles. The van der Waals surface area contributed by atoms with Crippen molar-refractivity contribution in [3.8, 4) is 0 Å². The van der Waals surface area contributed by atoms with Gasteiger partial charge in [0.25, 0.3) is 5.91 Å². The average Bonchev–Trinajstić information content (AvgIpc) is 3.12. The van der Waals surface area contributed by atoms with Crippen LogP contribution in [-0.2, 0) is 11.2 Å². The Morgan fingerprint density at radius 1 is 1.08 bits per heavy atom. The van der Waals surface area contributed by atoms with Crippen LogP contribution in [0.2, 0.25) is 0 Å². The largest absolute Gasteiger partial charge is 0.354 e. The van der Waals surface area contributed by atoms with Crippen molar-refractivity contribution in [2.24, 2.45) is 0 Å². The van der Waals surface area contributed by atoms with Gasteiger partial charge in [-0.1, -0.05) is 54.6 Å². The molecule has 0 bridgehead atoms. The van der Waals surface area contributed by atoms with Crippen molar-refractivity contribution in [1.82, 2.24) is 10.2 Å². The van der Waals surface area contributed by atoms with Crippen LogP contribution in [0.3, 0.4) is 0 Å². The molecule has 128 valence electrons. The van der Waals surface area contributed by atoms with Crippen molar-refractivity contribution in [1.29, 1.82) is 0 Å². The maximum Gasteiger partial charge on any atom is 0.258 e. The number of carbonyl (C=O) groups is 2. The number of rotatable bonds is 5. The van der Waals surface area contributed by atoms with Crippen molar-refractivity contribution < 1.29 is 14.0 Å². The molecular weight excluding hydrogens is 319 g/mol. The summed E-state index contributed by atoms with van der Waals surface area (Å²) in [5.74, 6) is -1.32. The molecular formula is C20H19FN2O2. The molecule has 4 nitrogen and oxygen atoms in total. The summed E-state index contributed by atoms with van der Waals surface area (Å²) < 4.78 is 13.8. The SMILES string of the molecule is O=C(NCCc1ccccc1)[C@H]1C=CCN1C(=O)c1ccccc1F. The van der Waals surface area contributed by atoms with E-state index in [2.05, 4.69) is 5.32 Å². The number of halogens is 1. The first kappa shape index (κ1) is 16.9. The second kappa shape index (κ2) is 7.75. The number of carbonyl (C=O) groups excluding carboxylic acids is 2. The fraction of sp³-hybridized carbons (Fsp3) is 0.200. The third-order valence-corrected chi connectivity index (χ3v) is 4.15. The van der Waals surface area contributed by atoms with Crippen LogP contribution in [0.25, 0.3) is 0 Å². The van der Waals surface area contributed by atoms with Crippen molar-refractivity contribution in [2.75, 3.05) is 13.1 Å². The number of nitrogens with one attached hydrogen (secondary N) is 1. The standard InChI is InChI=1S/C20H19FN2O2/c21-17-10-5-4-9-16(17)20(25)23-14-6-11-18(23)19(24)22-13-12-15-7-2-1-3-8-15/h1-11,18H,12-14H2,(H,22,24)/t18-/m1/s1. The van der Waals surface area contributed by atoms with Crippen LogP contribution >= 0.6 is 0 Å². The molecule has 0 aromatic heterocycles. The molecule has 0 saturated heterocycles. The zero-order valence-corrected chi connectivity index (χ0v) is 13.7. The normalized spacial score (nSPS) is 16.0. The minimum absolute atomic E-state index is 0.0201. The van der Waals surface area contributed by atoms with Gasteiger partial charge in [-0.3, -0.25) is 9.59 Å². The fourth-order valence-corrected chi connectivity index (χ4v) is 2.83.